The smallest absolute Gasteiger partial charge is 0.395 e. The third-order valence-corrected chi connectivity index (χ3v) is 3.06. The van der Waals surface area contributed by atoms with Gasteiger partial charge in [0.2, 0.25) is 5.91 Å². The molecule has 8 heteroatoms. The van der Waals surface area contributed by atoms with Crippen molar-refractivity contribution in [3.63, 3.8) is 0 Å². The highest BCUT2D eigenvalue weighted by molar-refractivity contribution is 6.30. The Morgan fingerprint density at radius 3 is 2.62 bits per heavy atom. The molecule has 1 aromatic carbocycles. The van der Waals surface area contributed by atoms with Gasteiger partial charge in [-0.1, -0.05) is 18.5 Å². The third-order valence-electron chi connectivity index (χ3n) is 2.83. The van der Waals surface area contributed by atoms with E-state index in [0.29, 0.717) is 6.42 Å². The zero-order valence-corrected chi connectivity index (χ0v) is 12.1. The van der Waals surface area contributed by atoms with E-state index in [1.807, 2.05) is 6.92 Å². The van der Waals surface area contributed by atoms with Gasteiger partial charge in [0.25, 0.3) is 0 Å². The maximum Gasteiger partial charge on any atom is 0.418 e. The topological polar surface area (TPSA) is 61.4 Å². The summed E-state index contributed by atoms with van der Waals surface area (Å²) < 4.78 is 38.5. The summed E-state index contributed by atoms with van der Waals surface area (Å²) in [5.41, 5.74) is -1.35. The van der Waals surface area contributed by atoms with Crippen LogP contribution in [0.2, 0.25) is 5.02 Å². The molecule has 0 saturated heterocycles. The summed E-state index contributed by atoms with van der Waals surface area (Å²) in [4.78, 5) is 11.7. The van der Waals surface area contributed by atoms with Crippen molar-refractivity contribution in [3.05, 3.63) is 28.8 Å². The van der Waals surface area contributed by atoms with E-state index in [9.17, 15) is 18.0 Å². The molecule has 0 unspecified atom stereocenters. The number of hydrogen-bond donors (Lipinski definition) is 3. The van der Waals surface area contributed by atoms with Crippen LogP contribution in [0.25, 0.3) is 0 Å². The van der Waals surface area contributed by atoms with Crippen molar-refractivity contribution in [1.82, 2.24) is 5.32 Å². The van der Waals surface area contributed by atoms with Gasteiger partial charge in [0.1, 0.15) is 0 Å². The van der Waals surface area contributed by atoms with Crippen LogP contribution in [0, 0.1) is 0 Å². The predicted octanol–water partition coefficient (Wildman–Crippen LogP) is 2.66. The van der Waals surface area contributed by atoms with Gasteiger partial charge in [-0.3, -0.25) is 4.79 Å². The van der Waals surface area contributed by atoms with Gasteiger partial charge in [-0.25, -0.2) is 0 Å². The number of aliphatic hydroxyl groups excluding tert-OH is 1. The molecule has 21 heavy (non-hydrogen) atoms. The lowest BCUT2D eigenvalue weighted by molar-refractivity contribution is -0.137. The molecular formula is C13H16ClF3N2O2. The lowest BCUT2D eigenvalue weighted by Crippen LogP contribution is -2.38. The second kappa shape index (κ2) is 7.63. The first kappa shape index (κ1) is 17.7. The molecule has 0 radical (unpaired) electrons. The Kier molecular flexibility index (Phi) is 6.44. The van der Waals surface area contributed by atoms with Gasteiger partial charge in [-0.2, -0.15) is 13.2 Å². The summed E-state index contributed by atoms with van der Waals surface area (Å²) in [7, 11) is 0. The van der Waals surface area contributed by atoms with Crippen LogP contribution >= 0.6 is 11.6 Å². The van der Waals surface area contributed by atoms with Crippen LogP contribution in [0.4, 0.5) is 18.9 Å². The third kappa shape index (κ3) is 5.53. The lowest BCUT2D eigenvalue weighted by Gasteiger charge is -2.16. The molecule has 0 heterocycles. The summed E-state index contributed by atoms with van der Waals surface area (Å²) in [5.74, 6) is -0.630. The van der Waals surface area contributed by atoms with E-state index in [2.05, 4.69) is 10.6 Å². The molecule has 0 aliphatic carbocycles. The van der Waals surface area contributed by atoms with E-state index in [0.717, 1.165) is 12.1 Å². The molecule has 0 spiro atoms. The first-order valence-corrected chi connectivity index (χ1v) is 6.66. The molecule has 0 fully saturated rings. The van der Waals surface area contributed by atoms with E-state index >= 15 is 0 Å². The van der Waals surface area contributed by atoms with Crippen LogP contribution < -0.4 is 10.6 Å². The fourth-order valence-electron chi connectivity index (χ4n) is 1.63. The Balaban J connectivity index is 2.77. The Hall–Kier alpha value is -1.31. The van der Waals surface area contributed by atoms with Crippen LogP contribution in [-0.2, 0) is 11.0 Å². The number of alkyl halides is 3. The van der Waals surface area contributed by atoms with Crippen LogP contribution in [0.5, 0.6) is 0 Å². The first-order chi connectivity index (χ1) is 9.77. The minimum Gasteiger partial charge on any atom is -0.395 e. The van der Waals surface area contributed by atoms with Crippen molar-refractivity contribution in [2.24, 2.45) is 0 Å². The molecule has 0 aliphatic rings. The average molecular weight is 325 g/mol. The Labute approximate surface area is 125 Å². The Morgan fingerprint density at radius 2 is 2.10 bits per heavy atom. The highest BCUT2D eigenvalue weighted by Gasteiger charge is 2.34. The molecule has 0 saturated carbocycles. The number of anilines is 1. The highest BCUT2D eigenvalue weighted by atomic mass is 35.5. The molecule has 1 amide bonds. The van der Waals surface area contributed by atoms with Crippen LogP contribution in [0.1, 0.15) is 18.9 Å². The van der Waals surface area contributed by atoms with Gasteiger partial charge in [0.05, 0.1) is 24.4 Å². The minimum atomic E-state index is -4.61. The van der Waals surface area contributed by atoms with Crippen LogP contribution in [0.15, 0.2) is 18.2 Å². The van der Waals surface area contributed by atoms with E-state index in [-0.39, 0.29) is 29.9 Å². The minimum absolute atomic E-state index is 0.0650. The molecular weight excluding hydrogens is 309 g/mol. The summed E-state index contributed by atoms with van der Waals surface area (Å²) >= 11 is 5.55. The molecule has 0 bridgehead atoms. The average Bonchev–Trinajstić information content (AvgIpc) is 2.41. The normalized spacial score (nSPS) is 13.0. The molecule has 0 aromatic heterocycles. The zero-order valence-electron chi connectivity index (χ0n) is 11.3. The number of nitrogens with one attached hydrogen (secondary N) is 2. The molecule has 0 aliphatic heterocycles. The number of rotatable bonds is 6. The second-order valence-electron chi connectivity index (χ2n) is 4.40. The van der Waals surface area contributed by atoms with E-state index in [1.54, 1.807) is 0 Å². The molecule has 3 N–H and O–H groups in total. The SMILES string of the molecule is CC[C@@H](CO)NCC(=O)Nc1ccc(Cl)cc1C(F)(F)F. The van der Waals surface area contributed by atoms with Crippen molar-refractivity contribution in [2.75, 3.05) is 18.5 Å². The Bertz CT molecular complexity index is 491. The van der Waals surface area contributed by atoms with Gasteiger partial charge in [-0.05, 0) is 24.6 Å². The zero-order chi connectivity index (χ0) is 16.0. The van der Waals surface area contributed by atoms with Crippen LogP contribution in [-0.4, -0.2) is 30.2 Å². The quantitative estimate of drug-likeness (QED) is 0.754. The number of benzene rings is 1. The largest absolute Gasteiger partial charge is 0.418 e. The van der Waals surface area contributed by atoms with Gasteiger partial charge in [0, 0.05) is 11.1 Å². The number of amides is 1. The number of halogens is 4. The summed E-state index contributed by atoms with van der Waals surface area (Å²) in [5, 5.41) is 13.8. The fourth-order valence-corrected chi connectivity index (χ4v) is 1.80. The van der Waals surface area contributed by atoms with Crippen molar-refractivity contribution < 1.29 is 23.1 Å². The summed E-state index contributed by atoms with van der Waals surface area (Å²) in [6.45, 7) is 1.46. The predicted molar refractivity (Wildman–Crippen MR) is 74.3 cm³/mol. The lowest BCUT2D eigenvalue weighted by atomic mass is 10.1. The Morgan fingerprint density at radius 1 is 1.43 bits per heavy atom. The fraction of sp³-hybridized carbons (Fsp3) is 0.462. The summed E-state index contributed by atoms with van der Waals surface area (Å²) in [6.07, 6.45) is -4.02. The van der Waals surface area contributed by atoms with Crippen molar-refractivity contribution >= 4 is 23.2 Å². The molecule has 1 rings (SSSR count). The van der Waals surface area contributed by atoms with Crippen LogP contribution in [0.3, 0.4) is 0 Å². The standard InChI is InChI=1S/C13H16ClF3N2O2/c1-2-9(7-20)18-6-12(21)19-11-4-3-8(14)5-10(11)13(15,16)17/h3-5,9,18,20H,2,6-7H2,1H3,(H,19,21)/t9-/m0/s1. The number of hydrogen-bond acceptors (Lipinski definition) is 3. The second-order valence-corrected chi connectivity index (χ2v) is 4.84. The molecule has 4 nitrogen and oxygen atoms in total. The summed E-state index contributed by atoms with van der Waals surface area (Å²) in [6, 6.07) is 2.85. The molecule has 1 aromatic rings. The van der Waals surface area contributed by atoms with Gasteiger partial charge in [-0.15, -0.1) is 0 Å². The van der Waals surface area contributed by atoms with Gasteiger partial charge < -0.3 is 15.7 Å². The maximum atomic E-state index is 12.8. The van der Waals surface area contributed by atoms with E-state index in [1.165, 1.54) is 6.07 Å². The number of carbonyl (C=O) groups excluding carboxylic acids is 1. The van der Waals surface area contributed by atoms with Gasteiger partial charge >= 0.3 is 6.18 Å². The molecule has 1 atom stereocenters. The molecule has 118 valence electrons. The first-order valence-electron chi connectivity index (χ1n) is 6.28. The van der Waals surface area contributed by atoms with Crippen molar-refractivity contribution in [2.45, 2.75) is 25.6 Å². The number of carbonyl (C=O) groups is 1. The monoisotopic (exact) mass is 324 g/mol. The number of aliphatic hydroxyl groups is 1. The maximum absolute atomic E-state index is 12.8. The van der Waals surface area contributed by atoms with Gasteiger partial charge in [0.15, 0.2) is 0 Å². The van der Waals surface area contributed by atoms with Crippen molar-refractivity contribution in [3.8, 4) is 0 Å². The van der Waals surface area contributed by atoms with Crippen molar-refractivity contribution in [1.29, 1.82) is 0 Å². The van der Waals surface area contributed by atoms with E-state index < -0.39 is 17.6 Å². The van der Waals surface area contributed by atoms with E-state index in [4.69, 9.17) is 16.7 Å². The highest BCUT2D eigenvalue weighted by Crippen LogP contribution is 2.36.